The molecular formula is C15H13ClO2. The van der Waals surface area contributed by atoms with Crippen molar-refractivity contribution in [3.05, 3.63) is 52.5 Å². The molecule has 2 nitrogen and oxygen atoms in total. The Bertz CT molecular complexity index is 591. The number of benzene rings is 2. The molecule has 18 heavy (non-hydrogen) atoms. The summed E-state index contributed by atoms with van der Waals surface area (Å²) < 4.78 is 5.22. The van der Waals surface area contributed by atoms with Gasteiger partial charge in [-0.25, -0.2) is 0 Å². The van der Waals surface area contributed by atoms with Crippen LogP contribution in [0.4, 0.5) is 0 Å². The van der Waals surface area contributed by atoms with Gasteiger partial charge in [0.15, 0.2) is 6.29 Å². The molecule has 0 atom stereocenters. The topological polar surface area (TPSA) is 26.3 Å². The van der Waals surface area contributed by atoms with Crippen molar-refractivity contribution in [1.29, 1.82) is 0 Å². The molecule has 0 aromatic heterocycles. The summed E-state index contributed by atoms with van der Waals surface area (Å²) in [5.41, 5.74) is 3.47. The van der Waals surface area contributed by atoms with Gasteiger partial charge in [0.2, 0.25) is 0 Å². The van der Waals surface area contributed by atoms with Gasteiger partial charge in [-0.1, -0.05) is 23.7 Å². The van der Waals surface area contributed by atoms with Crippen molar-refractivity contribution in [2.45, 2.75) is 6.92 Å². The molecule has 0 unspecified atom stereocenters. The molecule has 0 amide bonds. The number of ether oxygens (including phenoxy) is 1. The minimum absolute atomic E-state index is 0.561. The maximum Gasteiger partial charge on any atom is 0.150 e. The molecule has 0 fully saturated rings. The van der Waals surface area contributed by atoms with E-state index in [4.69, 9.17) is 16.3 Å². The van der Waals surface area contributed by atoms with Gasteiger partial charge in [0, 0.05) is 10.6 Å². The van der Waals surface area contributed by atoms with Crippen molar-refractivity contribution >= 4 is 17.9 Å². The maximum atomic E-state index is 11.1. The van der Waals surface area contributed by atoms with E-state index in [9.17, 15) is 4.79 Å². The summed E-state index contributed by atoms with van der Waals surface area (Å²) in [7, 11) is 1.64. The minimum atomic E-state index is 0.561. The van der Waals surface area contributed by atoms with Crippen LogP contribution < -0.4 is 4.74 Å². The predicted molar refractivity (Wildman–Crippen MR) is 73.6 cm³/mol. The number of halogens is 1. The molecule has 0 aliphatic carbocycles. The first-order chi connectivity index (χ1) is 8.65. The number of aldehydes is 1. The second-order valence-electron chi connectivity index (χ2n) is 4.03. The molecule has 92 valence electrons. The highest BCUT2D eigenvalue weighted by Gasteiger charge is 2.07. The number of carbonyl (C=O) groups is 1. The van der Waals surface area contributed by atoms with Gasteiger partial charge in [-0.15, -0.1) is 0 Å². The third kappa shape index (κ3) is 2.39. The average molecular weight is 261 g/mol. The molecule has 2 aromatic carbocycles. The van der Waals surface area contributed by atoms with Gasteiger partial charge >= 0.3 is 0 Å². The van der Waals surface area contributed by atoms with Crippen LogP contribution in [-0.4, -0.2) is 13.4 Å². The van der Waals surface area contributed by atoms with Crippen molar-refractivity contribution < 1.29 is 9.53 Å². The van der Waals surface area contributed by atoms with E-state index in [1.807, 2.05) is 31.2 Å². The summed E-state index contributed by atoms with van der Waals surface area (Å²) in [5.74, 6) is 0.834. The normalized spacial score (nSPS) is 10.2. The first kappa shape index (κ1) is 12.7. The minimum Gasteiger partial charge on any atom is -0.496 e. The molecule has 0 aliphatic rings. The number of rotatable bonds is 3. The average Bonchev–Trinajstić information content (AvgIpc) is 2.38. The second-order valence-corrected chi connectivity index (χ2v) is 4.47. The number of methoxy groups -OCH3 is 1. The standard InChI is InChI=1S/C15H13ClO2/c1-10-7-11(3-6-15(10)18-2)14-5-4-13(16)8-12(14)9-17/h3-9H,1-2H3. The van der Waals surface area contributed by atoms with Crippen molar-refractivity contribution in [2.75, 3.05) is 7.11 Å². The van der Waals surface area contributed by atoms with Crippen LogP contribution in [0.3, 0.4) is 0 Å². The van der Waals surface area contributed by atoms with Crippen LogP contribution in [0.5, 0.6) is 5.75 Å². The van der Waals surface area contributed by atoms with E-state index in [2.05, 4.69) is 0 Å². The van der Waals surface area contributed by atoms with Gasteiger partial charge < -0.3 is 4.74 Å². The van der Waals surface area contributed by atoms with Gasteiger partial charge in [-0.3, -0.25) is 4.79 Å². The van der Waals surface area contributed by atoms with Crippen LogP contribution in [0.15, 0.2) is 36.4 Å². The van der Waals surface area contributed by atoms with Gasteiger partial charge in [-0.05, 0) is 47.9 Å². The largest absolute Gasteiger partial charge is 0.496 e. The first-order valence-electron chi connectivity index (χ1n) is 5.55. The molecule has 0 saturated carbocycles. The Hall–Kier alpha value is -1.80. The molecule has 0 spiro atoms. The summed E-state index contributed by atoms with van der Waals surface area (Å²) >= 11 is 5.88. The van der Waals surface area contributed by atoms with Gasteiger partial charge in [0.25, 0.3) is 0 Å². The SMILES string of the molecule is COc1ccc(-c2ccc(Cl)cc2C=O)cc1C. The van der Waals surface area contributed by atoms with Crippen molar-refractivity contribution in [1.82, 2.24) is 0 Å². The van der Waals surface area contributed by atoms with Gasteiger partial charge in [0.1, 0.15) is 5.75 Å². The second kappa shape index (κ2) is 5.23. The summed E-state index contributed by atoms with van der Waals surface area (Å²) in [6.07, 6.45) is 0.820. The highest BCUT2D eigenvalue weighted by Crippen LogP contribution is 2.29. The van der Waals surface area contributed by atoms with Crippen LogP contribution in [0, 0.1) is 6.92 Å². The number of aryl methyl sites for hydroxylation is 1. The third-order valence-corrected chi connectivity index (χ3v) is 3.08. The molecule has 0 aliphatic heterocycles. The molecule has 0 heterocycles. The lowest BCUT2D eigenvalue weighted by atomic mass is 9.98. The number of hydrogen-bond acceptors (Lipinski definition) is 2. The van der Waals surface area contributed by atoms with Gasteiger partial charge in [0.05, 0.1) is 7.11 Å². The quantitative estimate of drug-likeness (QED) is 0.776. The zero-order valence-electron chi connectivity index (χ0n) is 10.2. The maximum absolute atomic E-state index is 11.1. The molecule has 0 bridgehead atoms. The van der Waals surface area contributed by atoms with Crippen LogP contribution in [0.25, 0.3) is 11.1 Å². The van der Waals surface area contributed by atoms with E-state index < -0.39 is 0 Å². The zero-order chi connectivity index (χ0) is 13.1. The van der Waals surface area contributed by atoms with Crippen LogP contribution in [-0.2, 0) is 0 Å². The lowest BCUT2D eigenvalue weighted by Gasteiger charge is -2.09. The molecule has 0 N–H and O–H groups in total. The Morgan fingerprint density at radius 3 is 2.56 bits per heavy atom. The number of hydrogen-bond donors (Lipinski definition) is 0. The van der Waals surface area contributed by atoms with Gasteiger partial charge in [-0.2, -0.15) is 0 Å². The summed E-state index contributed by atoms with van der Waals surface area (Å²) in [5, 5.41) is 0.561. The van der Waals surface area contributed by atoms with Crippen molar-refractivity contribution in [3.8, 4) is 16.9 Å². The van der Waals surface area contributed by atoms with Crippen molar-refractivity contribution in [2.24, 2.45) is 0 Å². The van der Waals surface area contributed by atoms with E-state index in [1.54, 1.807) is 19.2 Å². The van der Waals surface area contributed by atoms with Crippen molar-refractivity contribution in [3.63, 3.8) is 0 Å². The monoisotopic (exact) mass is 260 g/mol. The Kier molecular flexibility index (Phi) is 3.68. The first-order valence-corrected chi connectivity index (χ1v) is 5.93. The van der Waals surface area contributed by atoms with E-state index in [-0.39, 0.29) is 0 Å². The highest BCUT2D eigenvalue weighted by atomic mass is 35.5. The molecule has 2 rings (SSSR count). The lowest BCUT2D eigenvalue weighted by molar-refractivity contribution is 0.112. The molecule has 2 aromatic rings. The lowest BCUT2D eigenvalue weighted by Crippen LogP contribution is -1.91. The van der Waals surface area contributed by atoms with E-state index in [0.717, 1.165) is 28.7 Å². The Labute approximate surface area is 111 Å². The summed E-state index contributed by atoms with van der Waals surface area (Å²) in [6, 6.07) is 11.1. The Morgan fingerprint density at radius 1 is 1.17 bits per heavy atom. The smallest absolute Gasteiger partial charge is 0.150 e. The Balaban J connectivity index is 2.55. The fourth-order valence-corrected chi connectivity index (χ4v) is 2.12. The Morgan fingerprint density at radius 2 is 1.94 bits per heavy atom. The summed E-state index contributed by atoms with van der Waals surface area (Å²) in [6.45, 7) is 1.97. The molecule has 3 heteroatoms. The summed E-state index contributed by atoms with van der Waals surface area (Å²) in [4.78, 5) is 11.1. The molecule has 0 saturated heterocycles. The van der Waals surface area contributed by atoms with E-state index in [0.29, 0.717) is 10.6 Å². The van der Waals surface area contributed by atoms with Crippen LogP contribution >= 0.6 is 11.6 Å². The fraction of sp³-hybridized carbons (Fsp3) is 0.133. The van der Waals surface area contributed by atoms with Crippen LogP contribution in [0.2, 0.25) is 5.02 Å². The highest BCUT2D eigenvalue weighted by molar-refractivity contribution is 6.31. The molecule has 0 radical (unpaired) electrons. The predicted octanol–water partition coefficient (Wildman–Crippen LogP) is 4.14. The van der Waals surface area contributed by atoms with E-state index in [1.165, 1.54) is 0 Å². The third-order valence-electron chi connectivity index (χ3n) is 2.85. The number of carbonyl (C=O) groups excluding carboxylic acids is 1. The molecular weight excluding hydrogens is 248 g/mol. The fourth-order valence-electron chi connectivity index (χ4n) is 1.94. The van der Waals surface area contributed by atoms with E-state index >= 15 is 0 Å². The van der Waals surface area contributed by atoms with Crippen LogP contribution in [0.1, 0.15) is 15.9 Å². The zero-order valence-corrected chi connectivity index (χ0v) is 11.0.